The van der Waals surface area contributed by atoms with Gasteiger partial charge in [0.05, 0.1) is 14.2 Å². The van der Waals surface area contributed by atoms with Crippen molar-refractivity contribution in [2.45, 2.75) is 32.2 Å². The molecule has 1 unspecified atom stereocenters. The van der Waals surface area contributed by atoms with E-state index in [-0.39, 0.29) is 11.9 Å². The number of hydrogen-bond donors (Lipinski definition) is 2. The van der Waals surface area contributed by atoms with Crippen LogP contribution >= 0.6 is 0 Å². The second-order valence-electron chi connectivity index (χ2n) is 7.44. The number of halogens is 1. The number of guanidine groups is 1. The van der Waals surface area contributed by atoms with Crippen molar-refractivity contribution in [1.29, 1.82) is 0 Å². The highest BCUT2D eigenvalue weighted by Crippen LogP contribution is 2.28. The first kappa shape index (κ1) is 22.7. The predicted octanol–water partition coefficient (Wildman–Crippen LogP) is 3.00. The molecule has 1 aromatic heterocycles. The average Bonchev–Trinajstić information content (AvgIpc) is 3.25. The van der Waals surface area contributed by atoms with E-state index in [0.717, 1.165) is 49.8 Å². The number of hydrogen-bond acceptors (Lipinski definition) is 5. The maximum Gasteiger partial charge on any atom is 0.191 e. The summed E-state index contributed by atoms with van der Waals surface area (Å²) in [5.74, 6) is 2.42. The summed E-state index contributed by atoms with van der Waals surface area (Å²) in [6.45, 7) is 5.00. The van der Waals surface area contributed by atoms with Crippen molar-refractivity contribution in [2.75, 3.05) is 45.3 Å². The summed E-state index contributed by atoms with van der Waals surface area (Å²) in [5.41, 5.74) is 1.19. The first-order valence-corrected chi connectivity index (χ1v) is 10.8. The molecule has 8 heteroatoms. The van der Waals surface area contributed by atoms with E-state index in [1.165, 1.54) is 11.6 Å². The van der Waals surface area contributed by atoms with Gasteiger partial charge in [0, 0.05) is 38.4 Å². The Labute approximate surface area is 183 Å². The number of rotatable bonds is 9. The molecule has 0 radical (unpaired) electrons. The molecule has 1 atom stereocenters. The third-order valence-electron chi connectivity index (χ3n) is 5.25. The number of aliphatic imine (C=N–C) groups is 1. The second-order valence-corrected chi connectivity index (χ2v) is 7.44. The lowest BCUT2D eigenvalue weighted by Gasteiger charge is -2.20. The van der Waals surface area contributed by atoms with Crippen molar-refractivity contribution < 1.29 is 13.9 Å². The molecule has 2 N–H and O–H groups in total. The Balaban J connectivity index is 1.51. The fourth-order valence-corrected chi connectivity index (χ4v) is 3.70. The summed E-state index contributed by atoms with van der Waals surface area (Å²) in [7, 11) is 3.28. The fraction of sp³-hybridized carbons (Fsp3) is 0.478. The molecule has 1 aromatic carbocycles. The summed E-state index contributed by atoms with van der Waals surface area (Å²) in [4.78, 5) is 10.9. The van der Waals surface area contributed by atoms with Crippen LogP contribution in [0.3, 0.4) is 0 Å². The lowest BCUT2D eigenvalue weighted by atomic mass is 10.1. The predicted molar refractivity (Wildman–Crippen MR) is 122 cm³/mol. The highest BCUT2D eigenvalue weighted by molar-refractivity contribution is 5.80. The molecule has 0 aliphatic carbocycles. The number of ether oxygens (including phenoxy) is 2. The van der Waals surface area contributed by atoms with E-state index in [9.17, 15) is 4.39 Å². The first-order chi connectivity index (χ1) is 15.1. The largest absolute Gasteiger partial charge is 0.493 e. The zero-order valence-corrected chi connectivity index (χ0v) is 18.5. The van der Waals surface area contributed by atoms with Crippen LogP contribution in [-0.2, 0) is 6.42 Å². The lowest BCUT2D eigenvalue weighted by Crippen LogP contribution is -2.44. The fourth-order valence-electron chi connectivity index (χ4n) is 3.70. The van der Waals surface area contributed by atoms with Gasteiger partial charge in [0.1, 0.15) is 0 Å². The number of methoxy groups -OCH3 is 2. The summed E-state index contributed by atoms with van der Waals surface area (Å²) >= 11 is 0. The van der Waals surface area contributed by atoms with Crippen LogP contribution in [0.15, 0.2) is 41.5 Å². The van der Waals surface area contributed by atoms with Crippen LogP contribution < -0.4 is 25.0 Å². The van der Waals surface area contributed by atoms with Crippen molar-refractivity contribution >= 4 is 11.8 Å². The molecule has 0 spiro atoms. The molecular weight excluding hydrogens is 397 g/mol. The SMILES string of the molecule is CCNC(=NCCCc1ccc(OC)c(OC)c1)NC1CCN(c2ncccc2F)C1. The molecule has 3 rings (SSSR count). The van der Waals surface area contributed by atoms with Crippen molar-refractivity contribution in [1.82, 2.24) is 15.6 Å². The second kappa shape index (κ2) is 11.4. The zero-order valence-electron chi connectivity index (χ0n) is 18.5. The van der Waals surface area contributed by atoms with Crippen molar-refractivity contribution in [3.05, 3.63) is 47.9 Å². The summed E-state index contributed by atoms with van der Waals surface area (Å²) in [6.07, 6.45) is 4.36. The quantitative estimate of drug-likeness (QED) is 0.363. The topological polar surface area (TPSA) is 71.0 Å². The monoisotopic (exact) mass is 429 g/mol. The van der Waals surface area contributed by atoms with Crippen LogP contribution in [0, 0.1) is 5.82 Å². The molecule has 168 valence electrons. The molecule has 0 amide bonds. The first-order valence-electron chi connectivity index (χ1n) is 10.8. The van der Waals surface area contributed by atoms with Gasteiger partial charge in [-0.25, -0.2) is 9.37 Å². The van der Waals surface area contributed by atoms with Crippen molar-refractivity contribution in [3.8, 4) is 11.5 Å². The van der Waals surface area contributed by atoms with E-state index in [0.29, 0.717) is 18.9 Å². The van der Waals surface area contributed by atoms with E-state index in [2.05, 4.69) is 21.7 Å². The smallest absolute Gasteiger partial charge is 0.191 e. The van der Waals surface area contributed by atoms with Crippen LogP contribution in [-0.4, -0.2) is 57.4 Å². The van der Waals surface area contributed by atoms with Gasteiger partial charge in [-0.05, 0) is 56.0 Å². The Morgan fingerprint density at radius 3 is 2.84 bits per heavy atom. The summed E-state index contributed by atoms with van der Waals surface area (Å²) in [6, 6.07) is 9.26. The molecular formula is C23H32FN5O2. The molecule has 2 heterocycles. The molecule has 0 bridgehead atoms. The zero-order chi connectivity index (χ0) is 22.1. The van der Waals surface area contributed by atoms with Gasteiger partial charge in [-0.3, -0.25) is 4.99 Å². The van der Waals surface area contributed by atoms with Gasteiger partial charge in [-0.2, -0.15) is 0 Å². The minimum Gasteiger partial charge on any atom is -0.493 e. The molecule has 1 aliphatic heterocycles. The number of anilines is 1. The Morgan fingerprint density at radius 2 is 2.10 bits per heavy atom. The van der Waals surface area contributed by atoms with E-state index in [1.807, 2.05) is 24.0 Å². The normalized spacial score (nSPS) is 16.3. The van der Waals surface area contributed by atoms with Gasteiger partial charge in [0.2, 0.25) is 0 Å². The molecule has 0 saturated carbocycles. The van der Waals surface area contributed by atoms with Gasteiger partial charge in [-0.1, -0.05) is 6.07 Å². The highest BCUT2D eigenvalue weighted by Gasteiger charge is 2.25. The van der Waals surface area contributed by atoms with Crippen LogP contribution in [0.25, 0.3) is 0 Å². The van der Waals surface area contributed by atoms with Gasteiger partial charge >= 0.3 is 0 Å². The van der Waals surface area contributed by atoms with Crippen molar-refractivity contribution in [2.24, 2.45) is 4.99 Å². The number of aromatic nitrogens is 1. The molecule has 1 fully saturated rings. The van der Waals surface area contributed by atoms with E-state index in [4.69, 9.17) is 14.5 Å². The molecule has 2 aromatic rings. The van der Waals surface area contributed by atoms with Gasteiger partial charge in [-0.15, -0.1) is 0 Å². The van der Waals surface area contributed by atoms with E-state index < -0.39 is 0 Å². The standard InChI is InChI=1S/C23H32FN5O2/c1-4-25-23(27-13-5-7-17-9-10-20(30-2)21(15-17)31-3)28-18-11-14-29(16-18)22-19(24)8-6-12-26-22/h6,8-10,12,15,18H,4-5,7,11,13-14,16H2,1-3H3,(H2,25,27,28). The third kappa shape index (κ3) is 6.23. The van der Waals surface area contributed by atoms with Crippen LogP contribution in [0.5, 0.6) is 11.5 Å². The van der Waals surface area contributed by atoms with E-state index >= 15 is 0 Å². The molecule has 31 heavy (non-hydrogen) atoms. The number of benzene rings is 1. The minimum atomic E-state index is -0.279. The Kier molecular flexibility index (Phi) is 8.32. The van der Waals surface area contributed by atoms with Crippen molar-refractivity contribution in [3.63, 3.8) is 0 Å². The summed E-state index contributed by atoms with van der Waals surface area (Å²) in [5, 5.41) is 6.78. The van der Waals surface area contributed by atoms with Crippen LogP contribution in [0.4, 0.5) is 10.2 Å². The van der Waals surface area contributed by atoms with Crippen LogP contribution in [0.2, 0.25) is 0 Å². The average molecular weight is 430 g/mol. The van der Waals surface area contributed by atoms with Gasteiger partial charge < -0.3 is 25.0 Å². The number of aryl methyl sites for hydroxylation is 1. The van der Waals surface area contributed by atoms with Crippen LogP contribution in [0.1, 0.15) is 25.3 Å². The third-order valence-corrected chi connectivity index (χ3v) is 5.25. The maximum absolute atomic E-state index is 14.0. The molecule has 1 saturated heterocycles. The minimum absolute atomic E-state index is 0.199. The maximum atomic E-state index is 14.0. The van der Waals surface area contributed by atoms with Gasteiger partial charge in [0.15, 0.2) is 29.1 Å². The van der Waals surface area contributed by atoms with E-state index in [1.54, 1.807) is 26.5 Å². The molecule has 7 nitrogen and oxygen atoms in total. The number of pyridine rings is 1. The summed E-state index contributed by atoms with van der Waals surface area (Å²) < 4.78 is 24.7. The Morgan fingerprint density at radius 1 is 1.26 bits per heavy atom. The Bertz CT molecular complexity index is 877. The van der Waals surface area contributed by atoms with Gasteiger partial charge in [0.25, 0.3) is 0 Å². The lowest BCUT2D eigenvalue weighted by molar-refractivity contribution is 0.354. The Hall–Kier alpha value is -3.03. The molecule has 1 aliphatic rings. The highest BCUT2D eigenvalue weighted by atomic mass is 19.1. The number of nitrogens with zero attached hydrogens (tertiary/aromatic N) is 3. The number of nitrogens with one attached hydrogen (secondary N) is 2.